The Hall–Kier alpha value is -1.92. The molecule has 1 aromatic heterocycles. The summed E-state index contributed by atoms with van der Waals surface area (Å²) in [6.07, 6.45) is 4.38. The molecule has 21 heavy (non-hydrogen) atoms. The van der Waals surface area contributed by atoms with Gasteiger partial charge in [-0.15, -0.1) is 0 Å². The Balaban J connectivity index is 1.81. The molecule has 0 spiro atoms. The van der Waals surface area contributed by atoms with Crippen molar-refractivity contribution in [3.05, 3.63) is 47.2 Å². The van der Waals surface area contributed by atoms with Crippen molar-refractivity contribution in [3.8, 4) is 0 Å². The van der Waals surface area contributed by atoms with Crippen molar-refractivity contribution < 1.29 is 4.79 Å². The number of aromatic nitrogens is 2. The van der Waals surface area contributed by atoms with Gasteiger partial charge in [-0.2, -0.15) is 5.10 Å². The minimum atomic E-state index is -0.0617. The highest BCUT2D eigenvalue weighted by Crippen LogP contribution is 2.11. The van der Waals surface area contributed by atoms with Crippen LogP contribution in [0.1, 0.15) is 18.4 Å². The average Bonchev–Trinajstić information content (AvgIpc) is 2.84. The van der Waals surface area contributed by atoms with Crippen molar-refractivity contribution in [2.75, 3.05) is 5.32 Å². The number of halogens is 1. The Kier molecular flexibility index (Phi) is 5.30. The zero-order valence-electron chi connectivity index (χ0n) is 11.3. The lowest BCUT2D eigenvalue weighted by molar-refractivity contribution is -0.116. The molecule has 0 atom stereocenters. The molecule has 2 rings (SSSR count). The lowest BCUT2D eigenvalue weighted by Gasteiger charge is -2.07. The SMILES string of the molecule is NC(=S)c1cccc(NC(=O)CCCn2cc(Cl)cn2)c1. The van der Waals surface area contributed by atoms with Gasteiger partial charge < -0.3 is 11.1 Å². The smallest absolute Gasteiger partial charge is 0.224 e. The molecule has 2 aromatic rings. The van der Waals surface area contributed by atoms with Gasteiger partial charge >= 0.3 is 0 Å². The summed E-state index contributed by atoms with van der Waals surface area (Å²) < 4.78 is 1.71. The molecule has 0 aliphatic heterocycles. The Labute approximate surface area is 133 Å². The van der Waals surface area contributed by atoms with E-state index in [1.807, 2.05) is 0 Å². The fourth-order valence-electron chi connectivity index (χ4n) is 1.84. The summed E-state index contributed by atoms with van der Waals surface area (Å²) in [7, 11) is 0. The third-order valence-corrected chi connectivity index (χ3v) is 3.25. The van der Waals surface area contributed by atoms with E-state index in [1.165, 1.54) is 0 Å². The molecule has 110 valence electrons. The van der Waals surface area contributed by atoms with Crippen molar-refractivity contribution in [3.63, 3.8) is 0 Å². The molecule has 0 aliphatic carbocycles. The van der Waals surface area contributed by atoms with Gasteiger partial charge in [0.2, 0.25) is 5.91 Å². The monoisotopic (exact) mass is 322 g/mol. The highest BCUT2D eigenvalue weighted by molar-refractivity contribution is 7.80. The number of carbonyl (C=O) groups is 1. The van der Waals surface area contributed by atoms with Gasteiger partial charge in [0.25, 0.3) is 0 Å². The topological polar surface area (TPSA) is 72.9 Å². The maximum atomic E-state index is 11.9. The molecular weight excluding hydrogens is 308 g/mol. The second kappa shape index (κ2) is 7.19. The van der Waals surface area contributed by atoms with Gasteiger partial charge in [0.15, 0.2) is 0 Å². The minimum Gasteiger partial charge on any atom is -0.389 e. The van der Waals surface area contributed by atoms with Crippen molar-refractivity contribution in [1.82, 2.24) is 9.78 Å². The van der Waals surface area contributed by atoms with Gasteiger partial charge in [0, 0.05) is 30.4 Å². The van der Waals surface area contributed by atoms with Crippen LogP contribution in [0.4, 0.5) is 5.69 Å². The number of anilines is 1. The maximum Gasteiger partial charge on any atom is 0.224 e. The number of aryl methyl sites for hydroxylation is 1. The molecule has 5 nitrogen and oxygen atoms in total. The number of nitrogens with one attached hydrogen (secondary N) is 1. The van der Waals surface area contributed by atoms with Crippen LogP contribution in [0.2, 0.25) is 5.02 Å². The van der Waals surface area contributed by atoms with Crippen LogP contribution in [-0.4, -0.2) is 20.7 Å². The number of thiocarbonyl (C=S) groups is 1. The van der Waals surface area contributed by atoms with Crippen molar-refractivity contribution in [1.29, 1.82) is 0 Å². The minimum absolute atomic E-state index is 0.0617. The molecule has 0 saturated carbocycles. The molecule has 0 radical (unpaired) electrons. The van der Waals surface area contributed by atoms with E-state index < -0.39 is 0 Å². The first kappa shape index (κ1) is 15.5. The van der Waals surface area contributed by atoms with Gasteiger partial charge in [0.1, 0.15) is 4.99 Å². The standard InChI is InChI=1S/C14H15ClN4OS/c15-11-8-17-19(9-11)6-2-5-13(20)18-12-4-1-3-10(7-12)14(16)21/h1,3-4,7-9H,2,5-6H2,(H2,16,21)(H,18,20). The zero-order valence-corrected chi connectivity index (χ0v) is 12.8. The van der Waals surface area contributed by atoms with E-state index in [2.05, 4.69) is 10.4 Å². The predicted octanol–water partition coefficient (Wildman–Crippen LogP) is 2.59. The van der Waals surface area contributed by atoms with Crippen LogP contribution < -0.4 is 11.1 Å². The lowest BCUT2D eigenvalue weighted by atomic mass is 10.2. The number of nitrogens with zero attached hydrogens (tertiary/aromatic N) is 2. The summed E-state index contributed by atoms with van der Waals surface area (Å²) in [5.41, 5.74) is 6.98. The first-order valence-electron chi connectivity index (χ1n) is 6.42. The van der Waals surface area contributed by atoms with E-state index in [-0.39, 0.29) is 5.91 Å². The van der Waals surface area contributed by atoms with E-state index in [0.717, 1.165) is 5.56 Å². The maximum absolute atomic E-state index is 11.9. The number of hydrogen-bond acceptors (Lipinski definition) is 3. The van der Waals surface area contributed by atoms with Crippen LogP contribution in [0.5, 0.6) is 0 Å². The molecule has 0 bridgehead atoms. The molecular formula is C14H15ClN4OS. The Morgan fingerprint density at radius 1 is 1.48 bits per heavy atom. The number of rotatable bonds is 6. The number of nitrogens with two attached hydrogens (primary N) is 1. The quantitative estimate of drug-likeness (QED) is 0.802. The third kappa shape index (κ3) is 4.84. The van der Waals surface area contributed by atoms with E-state index in [0.29, 0.717) is 35.1 Å². The number of carbonyl (C=O) groups excluding carboxylic acids is 1. The number of hydrogen-bond donors (Lipinski definition) is 2. The van der Waals surface area contributed by atoms with Crippen LogP contribution in [0.15, 0.2) is 36.7 Å². The molecule has 0 saturated heterocycles. The second-order valence-electron chi connectivity index (χ2n) is 4.52. The van der Waals surface area contributed by atoms with Crippen molar-refractivity contribution >= 4 is 40.4 Å². The van der Waals surface area contributed by atoms with Crippen LogP contribution in [0, 0.1) is 0 Å². The molecule has 1 aromatic carbocycles. The summed E-state index contributed by atoms with van der Waals surface area (Å²) in [4.78, 5) is 12.2. The molecule has 3 N–H and O–H groups in total. The van der Waals surface area contributed by atoms with E-state index in [4.69, 9.17) is 29.6 Å². The summed E-state index contributed by atoms with van der Waals surface area (Å²) in [6.45, 7) is 0.646. The molecule has 1 heterocycles. The first-order chi connectivity index (χ1) is 10.0. The molecule has 0 aliphatic rings. The highest BCUT2D eigenvalue weighted by atomic mass is 35.5. The Bertz CT molecular complexity index is 656. The van der Waals surface area contributed by atoms with Gasteiger partial charge in [-0.25, -0.2) is 0 Å². The molecule has 1 amide bonds. The van der Waals surface area contributed by atoms with Gasteiger partial charge in [0.05, 0.1) is 11.2 Å². The van der Waals surface area contributed by atoms with Crippen molar-refractivity contribution in [2.24, 2.45) is 5.73 Å². The van der Waals surface area contributed by atoms with Gasteiger partial charge in [-0.1, -0.05) is 36.0 Å². The number of benzene rings is 1. The highest BCUT2D eigenvalue weighted by Gasteiger charge is 2.04. The summed E-state index contributed by atoms with van der Waals surface area (Å²) in [6, 6.07) is 7.16. The summed E-state index contributed by atoms with van der Waals surface area (Å²) in [5, 5.41) is 7.46. The number of amides is 1. The normalized spacial score (nSPS) is 10.3. The van der Waals surface area contributed by atoms with E-state index in [1.54, 1.807) is 41.3 Å². The second-order valence-corrected chi connectivity index (χ2v) is 5.39. The molecule has 7 heteroatoms. The zero-order chi connectivity index (χ0) is 15.2. The van der Waals surface area contributed by atoms with Crippen molar-refractivity contribution in [2.45, 2.75) is 19.4 Å². The van der Waals surface area contributed by atoms with E-state index in [9.17, 15) is 4.79 Å². The first-order valence-corrected chi connectivity index (χ1v) is 7.21. The molecule has 0 fully saturated rings. The summed E-state index contributed by atoms with van der Waals surface area (Å²) >= 11 is 10.7. The Morgan fingerprint density at radius 3 is 2.95 bits per heavy atom. The van der Waals surface area contributed by atoms with Crippen LogP contribution >= 0.6 is 23.8 Å². The largest absolute Gasteiger partial charge is 0.389 e. The van der Waals surface area contributed by atoms with Crippen LogP contribution in [-0.2, 0) is 11.3 Å². The summed E-state index contributed by atoms with van der Waals surface area (Å²) in [5.74, 6) is -0.0617. The third-order valence-electron chi connectivity index (χ3n) is 2.82. The van der Waals surface area contributed by atoms with Crippen LogP contribution in [0.3, 0.4) is 0 Å². The molecule has 0 unspecified atom stereocenters. The van der Waals surface area contributed by atoms with Gasteiger partial charge in [-0.3, -0.25) is 9.48 Å². The fraction of sp³-hybridized carbons (Fsp3) is 0.214. The van der Waals surface area contributed by atoms with E-state index >= 15 is 0 Å². The average molecular weight is 323 g/mol. The fourth-order valence-corrected chi connectivity index (χ4v) is 2.12. The lowest BCUT2D eigenvalue weighted by Crippen LogP contribution is -2.14. The van der Waals surface area contributed by atoms with Crippen LogP contribution in [0.25, 0.3) is 0 Å². The predicted molar refractivity (Wildman–Crippen MR) is 87.4 cm³/mol. The Morgan fingerprint density at radius 2 is 2.29 bits per heavy atom. The van der Waals surface area contributed by atoms with Gasteiger partial charge in [-0.05, 0) is 18.6 Å².